The predicted molar refractivity (Wildman–Crippen MR) is 91.1 cm³/mol. The Kier molecular flexibility index (Phi) is 5.01. The maximum Gasteiger partial charge on any atom is 0.247 e. The predicted octanol–water partition coefficient (Wildman–Crippen LogP) is 3.29. The highest BCUT2D eigenvalue weighted by Gasteiger charge is 2.10. The van der Waals surface area contributed by atoms with Crippen molar-refractivity contribution in [1.82, 2.24) is 15.5 Å². The molecule has 0 unspecified atom stereocenters. The van der Waals surface area contributed by atoms with Crippen LogP contribution >= 0.6 is 0 Å². The number of aromatic nitrogens is 2. The summed E-state index contributed by atoms with van der Waals surface area (Å²) in [5.74, 6) is 0.925. The molecule has 0 radical (unpaired) electrons. The Labute approximate surface area is 140 Å². The molecule has 5 heteroatoms. The molecule has 0 saturated carbocycles. The van der Waals surface area contributed by atoms with Crippen molar-refractivity contribution in [3.63, 3.8) is 0 Å². The van der Waals surface area contributed by atoms with Crippen molar-refractivity contribution in [1.29, 1.82) is 0 Å². The van der Waals surface area contributed by atoms with Crippen LogP contribution in [-0.4, -0.2) is 16.1 Å². The van der Waals surface area contributed by atoms with E-state index in [9.17, 15) is 4.79 Å². The average Bonchev–Trinajstić information content (AvgIpc) is 3.08. The summed E-state index contributed by atoms with van der Waals surface area (Å²) >= 11 is 0. The van der Waals surface area contributed by atoms with Crippen LogP contribution in [0.4, 0.5) is 0 Å². The van der Waals surface area contributed by atoms with Crippen LogP contribution in [0.3, 0.4) is 0 Å². The SMILES string of the molecule is Cc1cccc(-c2nnc(CCC(=O)NCc3ccccc3)o2)c1. The number of carbonyl (C=O) groups is 1. The number of aryl methyl sites for hydroxylation is 2. The first-order chi connectivity index (χ1) is 11.7. The summed E-state index contributed by atoms with van der Waals surface area (Å²) in [7, 11) is 0. The second-order valence-electron chi connectivity index (χ2n) is 5.63. The molecule has 0 fully saturated rings. The molecular formula is C19H19N3O2. The minimum Gasteiger partial charge on any atom is -0.421 e. The molecule has 0 atom stereocenters. The van der Waals surface area contributed by atoms with Crippen LogP contribution < -0.4 is 5.32 Å². The zero-order valence-electron chi connectivity index (χ0n) is 13.5. The van der Waals surface area contributed by atoms with Crippen molar-refractivity contribution < 1.29 is 9.21 Å². The lowest BCUT2D eigenvalue weighted by atomic mass is 10.1. The smallest absolute Gasteiger partial charge is 0.247 e. The molecule has 0 aliphatic carbocycles. The van der Waals surface area contributed by atoms with Gasteiger partial charge in [0.05, 0.1) is 0 Å². The first-order valence-electron chi connectivity index (χ1n) is 7.91. The first-order valence-corrected chi connectivity index (χ1v) is 7.91. The monoisotopic (exact) mass is 321 g/mol. The standard InChI is InChI=1S/C19H19N3O2/c1-14-6-5-9-16(12-14)19-22-21-18(24-19)11-10-17(23)20-13-15-7-3-2-4-8-15/h2-9,12H,10-11,13H2,1H3,(H,20,23). The van der Waals surface area contributed by atoms with E-state index in [2.05, 4.69) is 15.5 Å². The summed E-state index contributed by atoms with van der Waals surface area (Å²) in [6.45, 7) is 2.54. The Bertz CT molecular complexity index is 812. The molecule has 1 amide bonds. The summed E-state index contributed by atoms with van der Waals surface area (Å²) < 4.78 is 5.64. The van der Waals surface area contributed by atoms with Crippen molar-refractivity contribution in [2.75, 3.05) is 0 Å². The number of carbonyl (C=O) groups excluding carboxylic acids is 1. The van der Waals surface area contributed by atoms with Crippen LogP contribution in [0.5, 0.6) is 0 Å². The van der Waals surface area contributed by atoms with Gasteiger partial charge in [-0.3, -0.25) is 4.79 Å². The molecule has 1 N–H and O–H groups in total. The Balaban J connectivity index is 1.51. The topological polar surface area (TPSA) is 68.0 Å². The van der Waals surface area contributed by atoms with E-state index < -0.39 is 0 Å². The second kappa shape index (κ2) is 7.55. The number of benzene rings is 2. The minimum atomic E-state index is -0.0332. The van der Waals surface area contributed by atoms with E-state index in [4.69, 9.17) is 4.42 Å². The van der Waals surface area contributed by atoms with Crippen molar-refractivity contribution in [2.24, 2.45) is 0 Å². The van der Waals surface area contributed by atoms with E-state index in [1.165, 1.54) is 0 Å². The van der Waals surface area contributed by atoms with Crippen LogP contribution in [0.1, 0.15) is 23.4 Å². The third-order valence-electron chi connectivity index (χ3n) is 3.63. The molecule has 0 aliphatic rings. The van der Waals surface area contributed by atoms with Crippen LogP contribution in [0.2, 0.25) is 0 Å². The molecule has 0 bridgehead atoms. The third kappa shape index (κ3) is 4.29. The Hall–Kier alpha value is -2.95. The van der Waals surface area contributed by atoms with E-state index in [0.717, 1.165) is 16.7 Å². The lowest BCUT2D eigenvalue weighted by Crippen LogP contribution is -2.22. The van der Waals surface area contributed by atoms with Crippen molar-refractivity contribution in [3.05, 3.63) is 71.6 Å². The molecule has 0 saturated heterocycles. The molecule has 1 aromatic heterocycles. The third-order valence-corrected chi connectivity index (χ3v) is 3.63. The fourth-order valence-electron chi connectivity index (χ4n) is 2.35. The Morgan fingerprint density at radius 1 is 1.08 bits per heavy atom. The largest absolute Gasteiger partial charge is 0.421 e. The fraction of sp³-hybridized carbons (Fsp3) is 0.211. The molecule has 1 heterocycles. The zero-order valence-corrected chi connectivity index (χ0v) is 13.5. The van der Waals surface area contributed by atoms with Gasteiger partial charge >= 0.3 is 0 Å². The molecule has 2 aromatic carbocycles. The minimum absolute atomic E-state index is 0.0332. The van der Waals surface area contributed by atoms with Gasteiger partial charge in [0.25, 0.3) is 0 Å². The zero-order chi connectivity index (χ0) is 16.8. The number of nitrogens with zero attached hydrogens (tertiary/aromatic N) is 2. The molecule has 122 valence electrons. The first kappa shape index (κ1) is 15.9. The van der Waals surface area contributed by atoms with Crippen molar-refractivity contribution in [3.8, 4) is 11.5 Å². The number of hydrogen-bond donors (Lipinski definition) is 1. The number of nitrogens with one attached hydrogen (secondary N) is 1. The van der Waals surface area contributed by atoms with Crippen LogP contribution in [0.25, 0.3) is 11.5 Å². The van der Waals surface area contributed by atoms with Gasteiger partial charge in [-0.2, -0.15) is 0 Å². The molecule has 24 heavy (non-hydrogen) atoms. The summed E-state index contributed by atoms with van der Waals surface area (Å²) in [5, 5.41) is 11.0. The van der Waals surface area contributed by atoms with Crippen molar-refractivity contribution >= 4 is 5.91 Å². The maximum atomic E-state index is 11.9. The van der Waals surface area contributed by atoms with Gasteiger partial charge in [0, 0.05) is 24.9 Å². The van der Waals surface area contributed by atoms with E-state index in [1.54, 1.807) is 0 Å². The molecule has 0 aliphatic heterocycles. The quantitative estimate of drug-likeness (QED) is 0.756. The normalized spacial score (nSPS) is 10.5. The average molecular weight is 321 g/mol. The molecule has 3 aromatic rings. The second-order valence-corrected chi connectivity index (χ2v) is 5.63. The van der Waals surface area contributed by atoms with Gasteiger partial charge in [-0.15, -0.1) is 10.2 Å². The summed E-state index contributed by atoms with van der Waals surface area (Å²) in [6.07, 6.45) is 0.752. The maximum absolute atomic E-state index is 11.9. The number of amides is 1. The van der Waals surface area contributed by atoms with Gasteiger partial charge in [-0.25, -0.2) is 0 Å². The number of rotatable bonds is 6. The highest BCUT2D eigenvalue weighted by atomic mass is 16.4. The lowest BCUT2D eigenvalue weighted by Gasteiger charge is -2.04. The lowest BCUT2D eigenvalue weighted by molar-refractivity contribution is -0.121. The molecule has 3 rings (SSSR count). The summed E-state index contributed by atoms with van der Waals surface area (Å²) in [6, 6.07) is 17.7. The highest BCUT2D eigenvalue weighted by Crippen LogP contribution is 2.19. The Morgan fingerprint density at radius 2 is 1.92 bits per heavy atom. The van der Waals surface area contributed by atoms with Gasteiger partial charge in [0.15, 0.2) is 0 Å². The van der Waals surface area contributed by atoms with Crippen LogP contribution in [-0.2, 0) is 17.8 Å². The summed E-state index contributed by atoms with van der Waals surface area (Å²) in [5.41, 5.74) is 3.10. The van der Waals surface area contributed by atoms with Gasteiger partial charge < -0.3 is 9.73 Å². The van der Waals surface area contributed by atoms with Crippen molar-refractivity contribution in [2.45, 2.75) is 26.3 Å². The molecule has 5 nitrogen and oxygen atoms in total. The van der Waals surface area contributed by atoms with Gasteiger partial charge in [-0.1, -0.05) is 48.0 Å². The van der Waals surface area contributed by atoms with Crippen LogP contribution in [0, 0.1) is 6.92 Å². The van der Waals surface area contributed by atoms with Crippen LogP contribution in [0.15, 0.2) is 59.0 Å². The van der Waals surface area contributed by atoms with E-state index in [0.29, 0.717) is 31.2 Å². The van der Waals surface area contributed by atoms with E-state index in [-0.39, 0.29) is 5.91 Å². The van der Waals surface area contributed by atoms with Gasteiger partial charge in [0.2, 0.25) is 17.7 Å². The molecular weight excluding hydrogens is 302 g/mol. The van der Waals surface area contributed by atoms with E-state index in [1.807, 2.05) is 61.5 Å². The molecule has 0 spiro atoms. The highest BCUT2D eigenvalue weighted by molar-refractivity contribution is 5.76. The Morgan fingerprint density at radius 3 is 2.71 bits per heavy atom. The fourth-order valence-corrected chi connectivity index (χ4v) is 2.35. The van der Waals surface area contributed by atoms with E-state index >= 15 is 0 Å². The summed E-state index contributed by atoms with van der Waals surface area (Å²) in [4.78, 5) is 11.9. The number of hydrogen-bond acceptors (Lipinski definition) is 4. The van der Waals surface area contributed by atoms with Gasteiger partial charge in [0.1, 0.15) is 0 Å². The van der Waals surface area contributed by atoms with Gasteiger partial charge in [-0.05, 0) is 24.6 Å².